The fraction of sp³-hybridized carbons (Fsp3) is 0.800. The van der Waals surface area contributed by atoms with Gasteiger partial charge in [-0.2, -0.15) is 0 Å². The summed E-state index contributed by atoms with van der Waals surface area (Å²) in [6, 6.07) is 0.667. The van der Waals surface area contributed by atoms with Gasteiger partial charge in [-0.3, -0.25) is 0 Å². The van der Waals surface area contributed by atoms with Crippen LogP contribution in [0, 0.1) is 11.8 Å². The Kier molecular flexibility index (Phi) is 4.81. The van der Waals surface area contributed by atoms with Crippen LogP contribution in [0.4, 0.5) is 0 Å². The first-order chi connectivity index (χ1) is 8.72. The minimum atomic E-state index is 0.667. The minimum Gasteiger partial charge on any atom is -0.334 e. The van der Waals surface area contributed by atoms with E-state index in [1.54, 1.807) is 0 Å². The van der Waals surface area contributed by atoms with Gasteiger partial charge in [0.1, 0.15) is 5.82 Å². The molecule has 2 rings (SSSR count). The fourth-order valence-electron chi connectivity index (χ4n) is 3.04. The number of hydrogen-bond acceptors (Lipinski definition) is 2. The molecule has 0 aromatic carbocycles. The Hall–Kier alpha value is -0.830. The number of aryl methyl sites for hydroxylation is 1. The van der Waals surface area contributed by atoms with Crippen molar-refractivity contribution in [3.8, 4) is 0 Å². The van der Waals surface area contributed by atoms with E-state index < -0.39 is 0 Å². The second kappa shape index (κ2) is 6.37. The van der Waals surface area contributed by atoms with Gasteiger partial charge in [-0.1, -0.05) is 33.6 Å². The van der Waals surface area contributed by atoms with Gasteiger partial charge in [0, 0.05) is 25.0 Å². The number of nitrogens with zero attached hydrogens (tertiary/aromatic N) is 2. The molecule has 1 aliphatic carbocycles. The van der Waals surface area contributed by atoms with Crippen molar-refractivity contribution in [3.05, 3.63) is 18.2 Å². The molecule has 1 heterocycles. The molecule has 0 saturated heterocycles. The molecule has 102 valence electrons. The third-order valence-corrected chi connectivity index (χ3v) is 4.50. The van der Waals surface area contributed by atoms with Gasteiger partial charge in [-0.15, -0.1) is 0 Å². The van der Waals surface area contributed by atoms with Crippen LogP contribution in [-0.4, -0.2) is 15.6 Å². The van der Waals surface area contributed by atoms with Crippen LogP contribution in [-0.2, 0) is 13.1 Å². The fourth-order valence-corrected chi connectivity index (χ4v) is 3.04. The van der Waals surface area contributed by atoms with Crippen molar-refractivity contribution >= 4 is 0 Å². The van der Waals surface area contributed by atoms with E-state index in [2.05, 4.69) is 41.8 Å². The number of imidazole rings is 1. The van der Waals surface area contributed by atoms with Crippen LogP contribution in [0.1, 0.15) is 52.3 Å². The third kappa shape index (κ3) is 3.14. The molecule has 0 aliphatic heterocycles. The Morgan fingerprint density at radius 3 is 3.00 bits per heavy atom. The Morgan fingerprint density at radius 1 is 1.39 bits per heavy atom. The lowest BCUT2D eigenvalue weighted by Gasteiger charge is -2.34. The lowest BCUT2D eigenvalue weighted by atomic mass is 9.78. The third-order valence-electron chi connectivity index (χ3n) is 4.50. The van der Waals surface area contributed by atoms with Crippen molar-refractivity contribution in [1.82, 2.24) is 14.9 Å². The van der Waals surface area contributed by atoms with Crippen molar-refractivity contribution in [2.24, 2.45) is 11.8 Å². The van der Waals surface area contributed by atoms with E-state index in [0.29, 0.717) is 6.04 Å². The number of rotatable bonds is 5. The summed E-state index contributed by atoms with van der Waals surface area (Å²) in [6.45, 7) is 8.97. The first kappa shape index (κ1) is 13.6. The van der Waals surface area contributed by atoms with Crippen LogP contribution < -0.4 is 5.32 Å². The largest absolute Gasteiger partial charge is 0.334 e. The van der Waals surface area contributed by atoms with Crippen molar-refractivity contribution < 1.29 is 0 Å². The predicted molar refractivity (Wildman–Crippen MR) is 75.3 cm³/mol. The molecule has 1 N–H and O–H groups in total. The second-order valence-electron chi connectivity index (χ2n) is 5.79. The molecule has 3 atom stereocenters. The topological polar surface area (TPSA) is 29.9 Å². The van der Waals surface area contributed by atoms with Gasteiger partial charge in [0.05, 0.1) is 6.54 Å². The molecule has 3 nitrogen and oxygen atoms in total. The van der Waals surface area contributed by atoms with Gasteiger partial charge in [0.25, 0.3) is 0 Å². The first-order valence-corrected chi connectivity index (χ1v) is 7.45. The zero-order valence-corrected chi connectivity index (χ0v) is 12.0. The maximum atomic E-state index is 4.46. The van der Waals surface area contributed by atoms with E-state index in [1.165, 1.54) is 31.5 Å². The molecule has 3 heteroatoms. The van der Waals surface area contributed by atoms with Gasteiger partial charge in [-0.05, 0) is 24.7 Å². The lowest BCUT2D eigenvalue weighted by molar-refractivity contribution is 0.204. The van der Waals surface area contributed by atoms with E-state index in [-0.39, 0.29) is 0 Å². The SMILES string of the molecule is CCCn1ccnc1CNC1CCCC(C)C1C. The van der Waals surface area contributed by atoms with Crippen molar-refractivity contribution in [1.29, 1.82) is 0 Å². The molecule has 0 amide bonds. The smallest absolute Gasteiger partial charge is 0.122 e. The predicted octanol–water partition coefficient (Wildman–Crippen LogP) is 3.21. The zero-order chi connectivity index (χ0) is 13.0. The molecule has 1 saturated carbocycles. The molecular weight excluding hydrogens is 222 g/mol. The number of nitrogens with one attached hydrogen (secondary N) is 1. The van der Waals surface area contributed by atoms with Crippen molar-refractivity contribution in [2.45, 2.75) is 65.6 Å². The van der Waals surface area contributed by atoms with Crippen molar-refractivity contribution in [2.75, 3.05) is 0 Å². The highest BCUT2D eigenvalue weighted by atomic mass is 15.1. The van der Waals surface area contributed by atoms with Gasteiger partial charge >= 0.3 is 0 Å². The zero-order valence-electron chi connectivity index (χ0n) is 12.0. The molecule has 3 unspecified atom stereocenters. The summed E-state index contributed by atoms with van der Waals surface area (Å²) in [7, 11) is 0. The van der Waals surface area contributed by atoms with E-state index in [0.717, 1.165) is 24.9 Å². The average molecular weight is 249 g/mol. The second-order valence-corrected chi connectivity index (χ2v) is 5.79. The van der Waals surface area contributed by atoms with E-state index in [9.17, 15) is 0 Å². The Balaban J connectivity index is 1.88. The number of hydrogen-bond donors (Lipinski definition) is 1. The summed E-state index contributed by atoms with van der Waals surface area (Å²) < 4.78 is 2.27. The molecule has 1 aromatic rings. The summed E-state index contributed by atoms with van der Waals surface area (Å²) in [5.74, 6) is 2.82. The van der Waals surface area contributed by atoms with Gasteiger partial charge in [0.2, 0.25) is 0 Å². The van der Waals surface area contributed by atoms with E-state index in [4.69, 9.17) is 0 Å². The Morgan fingerprint density at radius 2 is 2.22 bits per heavy atom. The summed E-state index contributed by atoms with van der Waals surface area (Å²) in [4.78, 5) is 4.46. The van der Waals surface area contributed by atoms with Crippen LogP contribution in [0.3, 0.4) is 0 Å². The molecule has 0 bridgehead atoms. The van der Waals surface area contributed by atoms with Crippen molar-refractivity contribution in [3.63, 3.8) is 0 Å². The highest BCUT2D eigenvalue weighted by molar-refractivity contribution is 4.93. The maximum absolute atomic E-state index is 4.46. The molecule has 0 spiro atoms. The number of aromatic nitrogens is 2. The summed E-state index contributed by atoms with van der Waals surface area (Å²) in [5, 5.41) is 3.72. The van der Waals surface area contributed by atoms with Gasteiger partial charge in [0.15, 0.2) is 0 Å². The minimum absolute atomic E-state index is 0.667. The van der Waals surface area contributed by atoms with Crippen LogP contribution in [0.15, 0.2) is 12.4 Å². The highest BCUT2D eigenvalue weighted by Gasteiger charge is 2.26. The lowest BCUT2D eigenvalue weighted by Crippen LogP contribution is -2.40. The van der Waals surface area contributed by atoms with Crippen LogP contribution >= 0.6 is 0 Å². The molecule has 1 aromatic heterocycles. The van der Waals surface area contributed by atoms with Crippen LogP contribution in [0.25, 0.3) is 0 Å². The molecule has 0 radical (unpaired) electrons. The monoisotopic (exact) mass is 249 g/mol. The summed E-state index contributed by atoms with van der Waals surface area (Å²) in [5.41, 5.74) is 0. The molecule has 1 fully saturated rings. The van der Waals surface area contributed by atoms with Crippen LogP contribution in [0.2, 0.25) is 0 Å². The standard InChI is InChI=1S/C15H27N3/c1-4-9-18-10-8-16-15(18)11-17-14-7-5-6-12(2)13(14)3/h8,10,12-14,17H,4-7,9,11H2,1-3H3. The molecule has 18 heavy (non-hydrogen) atoms. The first-order valence-electron chi connectivity index (χ1n) is 7.45. The van der Waals surface area contributed by atoms with E-state index in [1.807, 2.05) is 6.20 Å². The quantitative estimate of drug-likeness (QED) is 0.868. The van der Waals surface area contributed by atoms with Gasteiger partial charge < -0.3 is 9.88 Å². The molecule has 1 aliphatic rings. The van der Waals surface area contributed by atoms with Gasteiger partial charge in [-0.25, -0.2) is 4.98 Å². The average Bonchev–Trinajstić information content (AvgIpc) is 2.79. The maximum Gasteiger partial charge on any atom is 0.122 e. The summed E-state index contributed by atoms with van der Waals surface area (Å²) >= 11 is 0. The molecular formula is C15H27N3. The van der Waals surface area contributed by atoms with Crippen LogP contribution in [0.5, 0.6) is 0 Å². The Bertz CT molecular complexity index is 358. The Labute approximate surface area is 111 Å². The highest BCUT2D eigenvalue weighted by Crippen LogP contribution is 2.29. The van der Waals surface area contributed by atoms with E-state index >= 15 is 0 Å². The summed E-state index contributed by atoms with van der Waals surface area (Å²) in [6.07, 6.45) is 9.25. The normalized spacial score (nSPS) is 28.5.